The van der Waals surface area contributed by atoms with E-state index in [1.165, 1.54) is 38.1 Å². The minimum atomic E-state index is -5.10. The lowest BCUT2D eigenvalue weighted by atomic mass is 9.97. The van der Waals surface area contributed by atoms with Crippen molar-refractivity contribution in [2.45, 2.75) is 38.2 Å². The van der Waals surface area contributed by atoms with Crippen LogP contribution in [0, 0.1) is 0 Å². The predicted molar refractivity (Wildman–Crippen MR) is 81.6 cm³/mol. The minimum Gasteiger partial charge on any atom is -0.490 e. The molecule has 148 valence electrons. The summed E-state index contributed by atoms with van der Waals surface area (Å²) in [6, 6.07) is 5.75. The van der Waals surface area contributed by atoms with Gasteiger partial charge in [0.15, 0.2) is 5.78 Å². The number of hydrogen-bond acceptors (Lipinski definition) is 5. The summed E-state index contributed by atoms with van der Waals surface area (Å²) in [6.07, 6.45) is -9.77. The standard InChI is InChI=1S/C16H18F4O5.FH/c1-15(2,23)14(22)10-3-5-11(6-4-10)24-7-8-25-13(21)9-12(17)16(18,19)20;/h3-6,12,23H,7-9H2,1-2H3;1H. The molecule has 1 unspecified atom stereocenters. The number of halogens is 5. The fraction of sp³-hybridized carbons (Fsp3) is 0.500. The Bertz CT molecular complexity index is 593. The lowest BCUT2D eigenvalue weighted by molar-refractivity contribution is -0.189. The molecule has 5 nitrogen and oxygen atoms in total. The lowest BCUT2D eigenvalue weighted by Gasteiger charge is -2.15. The number of Topliss-reactive ketones (excluding diaryl/α,β-unsaturated/α-hetero) is 1. The van der Waals surface area contributed by atoms with E-state index in [1.54, 1.807) is 0 Å². The molecule has 1 N–H and O–H groups in total. The van der Waals surface area contributed by atoms with Gasteiger partial charge in [-0.05, 0) is 38.1 Å². The number of ether oxygens (including phenoxy) is 2. The fourth-order valence-electron chi connectivity index (χ4n) is 1.69. The van der Waals surface area contributed by atoms with Crippen molar-refractivity contribution in [2.24, 2.45) is 0 Å². The lowest BCUT2D eigenvalue weighted by Crippen LogP contribution is -2.30. The Kier molecular flexibility index (Phi) is 8.65. The molecule has 0 saturated heterocycles. The first kappa shape index (κ1) is 23.8. The number of benzene rings is 1. The number of aliphatic hydroxyl groups is 1. The maximum absolute atomic E-state index is 12.6. The third-order valence-electron chi connectivity index (χ3n) is 2.99. The Morgan fingerprint density at radius 2 is 1.65 bits per heavy atom. The third kappa shape index (κ3) is 7.77. The van der Waals surface area contributed by atoms with Crippen molar-refractivity contribution < 1.29 is 46.4 Å². The summed E-state index contributed by atoms with van der Waals surface area (Å²) < 4.78 is 58.1. The van der Waals surface area contributed by atoms with E-state index in [1.807, 2.05) is 0 Å². The molecule has 0 bridgehead atoms. The second-order valence-corrected chi connectivity index (χ2v) is 5.69. The number of carbonyl (C=O) groups excluding carboxylic acids is 2. The van der Waals surface area contributed by atoms with Crippen molar-refractivity contribution in [2.75, 3.05) is 13.2 Å². The van der Waals surface area contributed by atoms with Gasteiger partial charge in [-0.2, -0.15) is 13.2 Å². The van der Waals surface area contributed by atoms with Crippen molar-refractivity contribution >= 4 is 11.8 Å². The summed E-state index contributed by atoms with van der Waals surface area (Å²) in [5.74, 6) is -1.47. The summed E-state index contributed by atoms with van der Waals surface area (Å²) in [6.45, 7) is 2.20. The van der Waals surface area contributed by atoms with E-state index < -0.39 is 36.1 Å². The molecule has 1 aromatic carbocycles. The van der Waals surface area contributed by atoms with E-state index >= 15 is 0 Å². The van der Waals surface area contributed by atoms with Crippen LogP contribution in [0.5, 0.6) is 5.75 Å². The van der Waals surface area contributed by atoms with Gasteiger partial charge in [0.05, 0.1) is 6.42 Å². The van der Waals surface area contributed by atoms with Gasteiger partial charge in [0.1, 0.15) is 24.6 Å². The van der Waals surface area contributed by atoms with E-state index in [9.17, 15) is 32.3 Å². The van der Waals surface area contributed by atoms with Gasteiger partial charge in [-0.1, -0.05) is 0 Å². The molecule has 0 radical (unpaired) electrons. The summed E-state index contributed by atoms with van der Waals surface area (Å²) >= 11 is 0. The number of hydrogen-bond donors (Lipinski definition) is 1. The van der Waals surface area contributed by atoms with E-state index in [2.05, 4.69) is 4.74 Å². The zero-order valence-corrected chi connectivity index (χ0v) is 14.0. The molecule has 0 spiro atoms. The minimum absolute atomic E-state index is 0. The highest BCUT2D eigenvalue weighted by atomic mass is 19.4. The highest BCUT2D eigenvalue weighted by Crippen LogP contribution is 2.25. The molecule has 0 aromatic heterocycles. The molecule has 0 aliphatic carbocycles. The molecular weight excluding hydrogens is 367 g/mol. The monoisotopic (exact) mass is 386 g/mol. The molecule has 1 aromatic rings. The normalized spacial score (nSPS) is 12.7. The number of rotatable bonds is 8. The van der Waals surface area contributed by atoms with Gasteiger partial charge in [0.25, 0.3) is 0 Å². The van der Waals surface area contributed by atoms with E-state index in [0.29, 0.717) is 5.75 Å². The van der Waals surface area contributed by atoms with Crippen LogP contribution in [0.1, 0.15) is 30.6 Å². The molecular formula is C16H19F5O5. The smallest absolute Gasteiger partial charge is 0.420 e. The molecule has 1 atom stereocenters. The number of alkyl halides is 4. The van der Waals surface area contributed by atoms with Crippen LogP contribution in [0.15, 0.2) is 24.3 Å². The third-order valence-corrected chi connectivity index (χ3v) is 2.99. The van der Waals surface area contributed by atoms with Gasteiger partial charge >= 0.3 is 12.1 Å². The Morgan fingerprint density at radius 3 is 2.12 bits per heavy atom. The molecule has 0 amide bonds. The molecule has 0 heterocycles. The summed E-state index contributed by atoms with van der Waals surface area (Å²) in [4.78, 5) is 22.9. The Balaban J connectivity index is 0.00000625. The summed E-state index contributed by atoms with van der Waals surface area (Å²) in [5.41, 5.74) is -1.24. The van der Waals surface area contributed by atoms with Crippen LogP contribution in [0.2, 0.25) is 0 Å². The largest absolute Gasteiger partial charge is 0.490 e. The molecule has 1 rings (SSSR count). The number of carbonyl (C=O) groups is 2. The van der Waals surface area contributed by atoms with Crippen LogP contribution >= 0.6 is 0 Å². The first-order valence-corrected chi connectivity index (χ1v) is 7.27. The second-order valence-electron chi connectivity index (χ2n) is 5.69. The van der Waals surface area contributed by atoms with Crippen LogP contribution in [0.4, 0.5) is 22.3 Å². The first-order chi connectivity index (χ1) is 11.4. The maximum atomic E-state index is 12.6. The van der Waals surface area contributed by atoms with E-state index in [0.717, 1.165) is 0 Å². The zero-order valence-electron chi connectivity index (χ0n) is 14.0. The Labute approximate surface area is 146 Å². The van der Waals surface area contributed by atoms with Gasteiger partial charge in [-0.25, -0.2) is 4.39 Å². The van der Waals surface area contributed by atoms with Crippen molar-refractivity contribution in [3.05, 3.63) is 29.8 Å². The zero-order chi connectivity index (χ0) is 19.3. The van der Waals surface area contributed by atoms with E-state index in [4.69, 9.17) is 4.74 Å². The van der Waals surface area contributed by atoms with Crippen molar-refractivity contribution in [3.63, 3.8) is 0 Å². The van der Waals surface area contributed by atoms with Crippen LogP contribution in [0.25, 0.3) is 0 Å². The van der Waals surface area contributed by atoms with Crippen LogP contribution < -0.4 is 4.74 Å². The van der Waals surface area contributed by atoms with Crippen molar-refractivity contribution in [3.8, 4) is 5.75 Å². The molecule has 0 aliphatic rings. The summed E-state index contributed by atoms with van der Waals surface area (Å²) in [5, 5.41) is 9.62. The van der Waals surface area contributed by atoms with Crippen molar-refractivity contribution in [1.29, 1.82) is 0 Å². The Morgan fingerprint density at radius 1 is 1.12 bits per heavy atom. The van der Waals surface area contributed by atoms with Crippen LogP contribution in [-0.4, -0.2) is 48.0 Å². The molecule has 26 heavy (non-hydrogen) atoms. The second kappa shape index (κ2) is 9.46. The van der Waals surface area contributed by atoms with Crippen LogP contribution in [-0.2, 0) is 9.53 Å². The fourth-order valence-corrected chi connectivity index (χ4v) is 1.69. The average Bonchev–Trinajstić information content (AvgIpc) is 2.49. The van der Waals surface area contributed by atoms with Gasteiger partial charge in [-0.15, -0.1) is 0 Å². The molecule has 0 fully saturated rings. The number of esters is 1. The topological polar surface area (TPSA) is 72.8 Å². The van der Waals surface area contributed by atoms with Gasteiger partial charge in [0, 0.05) is 5.56 Å². The van der Waals surface area contributed by atoms with Gasteiger partial charge in [0.2, 0.25) is 6.17 Å². The van der Waals surface area contributed by atoms with E-state index in [-0.39, 0.29) is 23.5 Å². The SMILES string of the molecule is CC(C)(O)C(=O)c1ccc(OCCOC(=O)CC(F)C(F)(F)F)cc1.F. The molecule has 10 heteroatoms. The van der Waals surface area contributed by atoms with Crippen LogP contribution in [0.3, 0.4) is 0 Å². The quantitative estimate of drug-likeness (QED) is 0.322. The molecule has 0 saturated carbocycles. The molecule has 0 aliphatic heterocycles. The number of ketones is 1. The predicted octanol–water partition coefficient (Wildman–Crippen LogP) is 3.01. The Hall–Kier alpha value is -2.23. The van der Waals surface area contributed by atoms with Gasteiger partial charge in [-0.3, -0.25) is 14.3 Å². The maximum Gasteiger partial charge on any atom is 0.420 e. The van der Waals surface area contributed by atoms with Gasteiger partial charge < -0.3 is 14.6 Å². The highest BCUT2D eigenvalue weighted by molar-refractivity contribution is 6.01. The first-order valence-electron chi connectivity index (χ1n) is 7.27. The van der Waals surface area contributed by atoms with Crippen molar-refractivity contribution in [1.82, 2.24) is 0 Å². The summed E-state index contributed by atoms with van der Waals surface area (Å²) in [7, 11) is 0. The highest BCUT2D eigenvalue weighted by Gasteiger charge is 2.41. The average molecular weight is 386 g/mol.